The molecule has 0 radical (unpaired) electrons. The van der Waals surface area contributed by atoms with E-state index in [9.17, 15) is 14.7 Å². The predicted octanol–water partition coefficient (Wildman–Crippen LogP) is 3.85. The van der Waals surface area contributed by atoms with E-state index in [1.165, 1.54) is 16.2 Å². The van der Waals surface area contributed by atoms with Crippen molar-refractivity contribution in [1.29, 1.82) is 0 Å². The van der Waals surface area contributed by atoms with Gasteiger partial charge in [-0.1, -0.05) is 23.7 Å². The fraction of sp³-hybridized carbons (Fsp3) is 0.353. The quantitative estimate of drug-likeness (QED) is 0.897. The fourth-order valence-electron chi connectivity index (χ4n) is 2.87. The van der Waals surface area contributed by atoms with Crippen LogP contribution in [0.5, 0.6) is 0 Å². The number of carbonyl (C=O) groups is 2. The highest BCUT2D eigenvalue weighted by molar-refractivity contribution is 7.17. The van der Waals surface area contributed by atoms with Gasteiger partial charge in [-0.2, -0.15) is 0 Å². The molecule has 0 saturated carbocycles. The smallest absolute Gasteiger partial charge is 0.326 e. The van der Waals surface area contributed by atoms with Crippen molar-refractivity contribution < 1.29 is 14.7 Å². The van der Waals surface area contributed by atoms with Gasteiger partial charge >= 0.3 is 5.97 Å². The largest absolute Gasteiger partial charge is 0.480 e. The van der Waals surface area contributed by atoms with Gasteiger partial charge < -0.3 is 10.0 Å². The highest BCUT2D eigenvalue weighted by Gasteiger charge is 2.34. The normalized spacial score (nSPS) is 17.8. The number of carboxylic acid groups (broad SMARTS) is 1. The highest BCUT2D eigenvalue weighted by atomic mass is 35.5. The summed E-state index contributed by atoms with van der Waals surface area (Å²) < 4.78 is 0. The Morgan fingerprint density at radius 1 is 1.29 bits per heavy atom. The van der Waals surface area contributed by atoms with Gasteiger partial charge in [0.1, 0.15) is 15.9 Å². The van der Waals surface area contributed by atoms with Gasteiger partial charge in [0.25, 0.3) is 5.91 Å². The number of carboxylic acids is 1. The number of aryl methyl sites for hydroxylation is 1. The second-order valence-electron chi connectivity index (χ2n) is 5.79. The van der Waals surface area contributed by atoms with Crippen LogP contribution in [0, 0.1) is 6.92 Å². The number of thiazole rings is 1. The van der Waals surface area contributed by atoms with Crippen molar-refractivity contribution in [3.8, 4) is 10.6 Å². The number of hydrogen-bond donors (Lipinski definition) is 1. The average molecular weight is 365 g/mol. The Hall–Kier alpha value is -1.92. The summed E-state index contributed by atoms with van der Waals surface area (Å²) in [7, 11) is 0. The molecule has 2 heterocycles. The summed E-state index contributed by atoms with van der Waals surface area (Å²) in [5.74, 6) is -1.18. The van der Waals surface area contributed by atoms with Crippen LogP contribution >= 0.6 is 22.9 Å². The lowest BCUT2D eigenvalue weighted by molar-refractivity contribution is -0.143. The Morgan fingerprint density at radius 3 is 2.67 bits per heavy atom. The lowest BCUT2D eigenvalue weighted by atomic mass is 10.0. The van der Waals surface area contributed by atoms with Crippen LogP contribution in [0.1, 0.15) is 34.6 Å². The third kappa shape index (κ3) is 3.30. The topological polar surface area (TPSA) is 70.5 Å². The number of carbonyl (C=O) groups excluding carboxylic acids is 1. The number of benzene rings is 1. The van der Waals surface area contributed by atoms with Crippen LogP contribution in [0.25, 0.3) is 10.6 Å². The molecule has 7 heteroatoms. The van der Waals surface area contributed by atoms with Crippen molar-refractivity contribution in [2.75, 3.05) is 6.54 Å². The Labute approximate surface area is 148 Å². The van der Waals surface area contributed by atoms with Crippen LogP contribution in [0.15, 0.2) is 24.3 Å². The van der Waals surface area contributed by atoms with Gasteiger partial charge in [-0.3, -0.25) is 4.79 Å². The summed E-state index contributed by atoms with van der Waals surface area (Å²) in [4.78, 5) is 30.7. The number of piperidine rings is 1. The first-order chi connectivity index (χ1) is 11.5. The van der Waals surface area contributed by atoms with Crippen LogP contribution in [-0.4, -0.2) is 39.5 Å². The van der Waals surface area contributed by atoms with E-state index in [0.717, 1.165) is 23.4 Å². The molecule has 1 fully saturated rings. The number of nitrogens with zero attached hydrogens (tertiary/aromatic N) is 2. The van der Waals surface area contributed by atoms with Gasteiger partial charge in [0.2, 0.25) is 0 Å². The Bertz CT molecular complexity index is 773. The lowest BCUT2D eigenvalue weighted by Gasteiger charge is -2.32. The van der Waals surface area contributed by atoms with Crippen LogP contribution in [0.4, 0.5) is 0 Å². The molecule has 1 saturated heterocycles. The number of halogens is 1. The minimum absolute atomic E-state index is 0.239. The highest BCUT2D eigenvalue weighted by Crippen LogP contribution is 2.31. The minimum atomic E-state index is -0.942. The maximum absolute atomic E-state index is 12.8. The summed E-state index contributed by atoms with van der Waals surface area (Å²) in [6.07, 6.45) is 2.17. The molecule has 1 aliphatic heterocycles. The molecule has 0 aliphatic carbocycles. The maximum atomic E-state index is 12.8. The van der Waals surface area contributed by atoms with E-state index >= 15 is 0 Å². The van der Waals surface area contributed by atoms with Crippen molar-refractivity contribution in [3.63, 3.8) is 0 Å². The van der Waals surface area contributed by atoms with Crippen molar-refractivity contribution in [1.82, 2.24) is 9.88 Å². The first-order valence-corrected chi connectivity index (χ1v) is 8.94. The molecule has 1 atom stereocenters. The number of likely N-dealkylation sites (tertiary alicyclic amines) is 1. The van der Waals surface area contributed by atoms with Crippen LogP contribution in [0.3, 0.4) is 0 Å². The van der Waals surface area contributed by atoms with E-state index < -0.39 is 12.0 Å². The minimum Gasteiger partial charge on any atom is -0.480 e. The Morgan fingerprint density at radius 2 is 2.00 bits per heavy atom. The van der Waals surface area contributed by atoms with Gasteiger partial charge in [0.15, 0.2) is 0 Å². The zero-order valence-electron chi connectivity index (χ0n) is 13.2. The number of hydrogen-bond acceptors (Lipinski definition) is 4. The van der Waals surface area contributed by atoms with Gasteiger partial charge in [-0.25, -0.2) is 9.78 Å². The molecule has 24 heavy (non-hydrogen) atoms. The van der Waals surface area contributed by atoms with E-state index in [2.05, 4.69) is 4.98 Å². The zero-order chi connectivity index (χ0) is 17.3. The summed E-state index contributed by atoms with van der Waals surface area (Å²) >= 11 is 7.20. The molecule has 1 aromatic carbocycles. The van der Waals surface area contributed by atoms with E-state index in [-0.39, 0.29) is 5.91 Å². The van der Waals surface area contributed by atoms with Gasteiger partial charge in [-0.05, 0) is 38.3 Å². The Kier molecular flexibility index (Phi) is 4.87. The second-order valence-corrected chi connectivity index (χ2v) is 7.22. The molecule has 3 rings (SSSR count). The van der Waals surface area contributed by atoms with Crippen LogP contribution < -0.4 is 0 Å². The van der Waals surface area contributed by atoms with Crippen molar-refractivity contribution in [2.24, 2.45) is 0 Å². The monoisotopic (exact) mass is 364 g/mol. The number of amides is 1. The number of aliphatic carboxylic acids is 1. The summed E-state index contributed by atoms with van der Waals surface area (Å²) in [6, 6.07) is 6.53. The molecule has 5 nitrogen and oxygen atoms in total. The molecular formula is C17H17ClN2O3S. The molecule has 1 aliphatic rings. The molecule has 0 spiro atoms. The molecule has 0 bridgehead atoms. The van der Waals surface area contributed by atoms with E-state index in [1.807, 2.05) is 12.1 Å². The van der Waals surface area contributed by atoms with Gasteiger partial charge in [0, 0.05) is 17.1 Å². The first kappa shape index (κ1) is 16.9. The summed E-state index contributed by atoms with van der Waals surface area (Å²) in [6.45, 7) is 2.26. The summed E-state index contributed by atoms with van der Waals surface area (Å²) in [5, 5.41) is 10.7. The number of aromatic nitrogens is 1. The van der Waals surface area contributed by atoms with Crippen LogP contribution in [-0.2, 0) is 4.79 Å². The van der Waals surface area contributed by atoms with E-state index in [1.54, 1.807) is 19.1 Å². The van der Waals surface area contributed by atoms with Crippen molar-refractivity contribution in [3.05, 3.63) is 39.9 Å². The van der Waals surface area contributed by atoms with E-state index in [0.29, 0.717) is 28.6 Å². The maximum Gasteiger partial charge on any atom is 0.326 e. The summed E-state index contributed by atoms with van der Waals surface area (Å²) in [5.41, 5.74) is 1.52. The van der Waals surface area contributed by atoms with Gasteiger partial charge in [-0.15, -0.1) is 11.3 Å². The Balaban J connectivity index is 1.90. The van der Waals surface area contributed by atoms with Gasteiger partial charge in [0.05, 0.1) is 5.69 Å². The zero-order valence-corrected chi connectivity index (χ0v) is 14.7. The standard InChI is InChI=1S/C17H17ClN2O3S/c1-10-14(16(21)20-9-3-2-4-13(20)17(22)23)24-15(19-10)11-5-7-12(18)8-6-11/h5-8,13H,2-4,9H2,1H3,(H,22,23). The van der Waals surface area contributed by atoms with Crippen molar-refractivity contribution >= 4 is 34.8 Å². The van der Waals surface area contributed by atoms with Crippen LogP contribution in [0.2, 0.25) is 5.02 Å². The SMILES string of the molecule is Cc1nc(-c2ccc(Cl)cc2)sc1C(=O)N1CCCCC1C(=O)O. The first-order valence-electron chi connectivity index (χ1n) is 7.74. The second kappa shape index (κ2) is 6.91. The third-order valence-electron chi connectivity index (χ3n) is 4.13. The van der Waals surface area contributed by atoms with E-state index in [4.69, 9.17) is 11.6 Å². The number of rotatable bonds is 3. The molecular weight excluding hydrogens is 348 g/mol. The molecule has 1 N–H and O–H groups in total. The lowest BCUT2D eigenvalue weighted by Crippen LogP contribution is -2.47. The molecule has 1 amide bonds. The van der Waals surface area contributed by atoms with Crippen molar-refractivity contribution in [2.45, 2.75) is 32.2 Å². The molecule has 2 aromatic rings. The molecule has 1 aromatic heterocycles. The predicted molar refractivity (Wildman–Crippen MR) is 93.6 cm³/mol. The average Bonchev–Trinajstić information content (AvgIpc) is 2.96. The molecule has 1 unspecified atom stereocenters. The molecule has 126 valence electrons. The fourth-order valence-corrected chi connectivity index (χ4v) is 4.03. The third-order valence-corrected chi connectivity index (χ3v) is 5.58.